The highest BCUT2D eigenvalue weighted by Crippen LogP contribution is 2.56. The number of methoxy groups -OCH3 is 4. The minimum absolute atomic E-state index is 0.358. The predicted octanol–water partition coefficient (Wildman–Crippen LogP) is 18.9. The number of nitrogens with zero attached hydrogens (tertiary/aromatic N) is 6. The highest BCUT2D eigenvalue weighted by atomic mass is 16.5. The van der Waals surface area contributed by atoms with Gasteiger partial charge in [0, 0.05) is 43.1 Å². The van der Waals surface area contributed by atoms with Crippen LogP contribution >= 0.6 is 0 Å². The SMILES string of the molecule is CCCCOc1c2ccccc2c(CCCC)c2c3nc4nc(nc5[nH]c(nc6nc(nc([nH]3)c12)-c1c-6c(OC)c2cc3ccccc3cc2c1OC)c1c(OCCCC)c2ccccc2c(CCCC)c51)-c1c-4c(OC)c2cc3ccccc3cc2c1OC. The fraction of sp³-hybridized carbons (Fsp3) is 0.263. The molecule has 90 heavy (non-hydrogen) atoms. The van der Waals surface area contributed by atoms with Gasteiger partial charge >= 0.3 is 0 Å². The van der Waals surface area contributed by atoms with E-state index < -0.39 is 0 Å². The number of ether oxygens (including phenoxy) is 6. The molecule has 0 saturated heterocycles. The second kappa shape index (κ2) is 23.1. The molecule has 15 rings (SSSR count). The van der Waals surface area contributed by atoms with E-state index >= 15 is 0 Å². The minimum Gasteiger partial charge on any atom is -0.495 e. The monoisotopic (exact) mass is 1190 g/mol. The van der Waals surface area contributed by atoms with Gasteiger partial charge in [-0.1, -0.05) is 150 Å². The van der Waals surface area contributed by atoms with Gasteiger partial charge in [0.1, 0.15) is 57.1 Å². The Kier molecular flexibility index (Phi) is 14.5. The molecule has 0 fully saturated rings. The van der Waals surface area contributed by atoms with E-state index in [4.69, 9.17) is 58.3 Å². The summed E-state index contributed by atoms with van der Waals surface area (Å²) in [7, 11) is 6.85. The van der Waals surface area contributed by atoms with Crippen molar-refractivity contribution in [1.82, 2.24) is 39.9 Å². The smallest absolute Gasteiger partial charge is 0.168 e. The van der Waals surface area contributed by atoms with E-state index in [9.17, 15) is 0 Å². The zero-order valence-electron chi connectivity index (χ0n) is 52.2. The number of fused-ring (bicyclic) bond motifs is 26. The second-order valence-corrected chi connectivity index (χ2v) is 23.6. The number of H-pyrrole nitrogens is 2. The summed E-state index contributed by atoms with van der Waals surface area (Å²) in [6.45, 7) is 9.77. The molecule has 0 saturated carbocycles. The van der Waals surface area contributed by atoms with Gasteiger partial charge in [0.05, 0.1) is 74.7 Å². The molecule has 5 heterocycles. The molecular weight excluding hydrogens is 1120 g/mol. The number of aromatic nitrogens is 8. The van der Waals surface area contributed by atoms with Gasteiger partial charge in [0.25, 0.3) is 0 Å². The summed E-state index contributed by atoms with van der Waals surface area (Å²) in [5, 5.41) is 14.9. The third-order valence-corrected chi connectivity index (χ3v) is 18.2. The quantitative estimate of drug-likeness (QED) is 0.0618. The van der Waals surface area contributed by atoms with Crippen molar-refractivity contribution >= 4 is 109 Å². The van der Waals surface area contributed by atoms with Gasteiger partial charge in [-0.2, -0.15) is 0 Å². The van der Waals surface area contributed by atoms with Gasteiger partial charge in [-0.3, -0.25) is 0 Å². The number of unbranched alkanes of at least 4 members (excludes halogenated alkanes) is 4. The fourth-order valence-electron chi connectivity index (χ4n) is 14.0. The van der Waals surface area contributed by atoms with Crippen molar-refractivity contribution in [2.45, 2.75) is 91.9 Å². The fourth-order valence-corrected chi connectivity index (χ4v) is 14.0. The van der Waals surface area contributed by atoms with Gasteiger partial charge in [0.15, 0.2) is 23.3 Å². The molecule has 14 heteroatoms. The van der Waals surface area contributed by atoms with Gasteiger partial charge in [-0.05, 0) is 106 Å². The van der Waals surface area contributed by atoms with E-state index in [1.54, 1.807) is 28.4 Å². The van der Waals surface area contributed by atoms with Crippen LogP contribution in [0.2, 0.25) is 0 Å². The minimum atomic E-state index is 0.358. The molecule has 3 aromatic heterocycles. The van der Waals surface area contributed by atoms with Crippen molar-refractivity contribution in [1.29, 1.82) is 0 Å². The molecule has 8 bridgehead atoms. The van der Waals surface area contributed by atoms with Gasteiger partial charge in [-0.15, -0.1) is 0 Å². The maximum atomic E-state index is 7.11. The summed E-state index contributed by atoms with van der Waals surface area (Å²) in [6, 6.07) is 42.4. The Hall–Kier alpha value is -10.1. The maximum absolute atomic E-state index is 7.11. The van der Waals surface area contributed by atoms with Crippen LogP contribution in [0.5, 0.6) is 34.5 Å². The molecule has 0 amide bonds. The maximum Gasteiger partial charge on any atom is 0.168 e. The van der Waals surface area contributed by atoms with Crippen molar-refractivity contribution in [3.63, 3.8) is 0 Å². The van der Waals surface area contributed by atoms with Crippen LogP contribution in [0.1, 0.15) is 90.2 Å². The van der Waals surface area contributed by atoms with Crippen molar-refractivity contribution in [3.05, 3.63) is 132 Å². The van der Waals surface area contributed by atoms with Crippen LogP contribution in [0, 0.1) is 0 Å². The van der Waals surface area contributed by atoms with Crippen LogP contribution < -0.4 is 28.4 Å². The Balaban J connectivity index is 1.22. The molecule has 0 atom stereocenters. The summed E-state index contributed by atoms with van der Waals surface area (Å²) in [5.74, 6) is 5.21. The molecule has 0 unspecified atom stereocenters. The Morgan fingerprint density at radius 2 is 0.600 bits per heavy atom. The normalized spacial score (nSPS) is 12.1. The molecule has 2 aliphatic rings. The topological polar surface area (TPSA) is 164 Å². The molecule has 2 N–H and O–H groups in total. The first-order chi connectivity index (χ1) is 44.3. The summed E-state index contributed by atoms with van der Waals surface area (Å²) in [5.41, 5.74) is 6.82. The van der Waals surface area contributed by atoms with Crippen LogP contribution in [0.15, 0.2) is 121 Å². The highest BCUT2D eigenvalue weighted by Gasteiger charge is 2.35. The third kappa shape index (κ3) is 8.87. The van der Waals surface area contributed by atoms with E-state index in [1.165, 1.54) is 0 Å². The number of rotatable bonds is 18. The van der Waals surface area contributed by atoms with Crippen LogP contribution in [-0.4, -0.2) is 81.5 Å². The Labute approximate surface area is 520 Å². The van der Waals surface area contributed by atoms with Crippen molar-refractivity contribution < 1.29 is 28.4 Å². The lowest BCUT2D eigenvalue weighted by molar-refractivity contribution is 0.316. The summed E-state index contributed by atoms with van der Waals surface area (Å²) in [6.07, 6.45) is 8.85. The first kappa shape index (κ1) is 56.4. The number of benzene rings is 10. The van der Waals surface area contributed by atoms with Crippen LogP contribution in [0.3, 0.4) is 0 Å². The first-order valence-electron chi connectivity index (χ1n) is 31.8. The second-order valence-electron chi connectivity index (χ2n) is 23.6. The predicted molar refractivity (Wildman–Crippen MR) is 365 cm³/mol. The molecular formula is C76H70N8O6. The zero-order valence-corrected chi connectivity index (χ0v) is 52.2. The van der Waals surface area contributed by atoms with E-state index in [-0.39, 0.29) is 0 Å². The van der Waals surface area contributed by atoms with Crippen molar-refractivity contribution in [3.8, 4) is 80.0 Å². The number of aromatic amines is 2. The summed E-state index contributed by atoms with van der Waals surface area (Å²) >= 11 is 0. The Morgan fingerprint density at radius 3 is 0.900 bits per heavy atom. The van der Waals surface area contributed by atoms with Crippen LogP contribution in [-0.2, 0) is 12.8 Å². The van der Waals surface area contributed by atoms with Crippen molar-refractivity contribution in [2.75, 3.05) is 41.7 Å². The van der Waals surface area contributed by atoms with Gasteiger partial charge in [0.2, 0.25) is 0 Å². The lowest BCUT2D eigenvalue weighted by Crippen LogP contribution is -2.00. The lowest BCUT2D eigenvalue weighted by Gasteiger charge is -2.17. The van der Waals surface area contributed by atoms with E-state index in [1.807, 2.05) is 0 Å². The summed E-state index contributed by atoms with van der Waals surface area (Å²) in [4.78, 5) is 42.2. The van der Waals surface area contributed by atoms with Gasteiger partial charge in [-0.25, -0.2) is 29.9 Å². The molecule has 10 aromatic carbocycles. The number of aryl methyl sites for hydroxylation is 2. The number of nitrogens with one attached hydrogen (secondary N) is 2. The highest BCUT2D eigenvalue weighted by molar-refractivity contribution is 6.22. The number of hydrogen-bond acceptors (Lipinski definition) is 12. The molecule has 0 aliphatic carbocycles. The van der Waals surface area contributed by atoms with Crippen LogP contribution in [0.4, 0.5) is 0 Å². The van der Waals surface area contributed by atoms with E-state index in [0.717, 1.165) is 162 Å². The standard InChI is InChI=1S/C76H70N8O6/c1-9-13-29-47-45-31-21-23-33-49(45)67(89-35-15-11-3)57-55(47)69-77-71(57)81-75-61-62(66(88-8)54-40-44-28-20-19-27-43(44)39-53(54)65(61)87-7)76(84-75)82-72-58-56(48(30-14-10-2)46-32-22-24-34-50(46)68(58)90-36-16-12-4)70(78-72)80-74-60-59(73(79-69)83-74)63(85-5)51-37-41-25-17-18-26-42(41)38-52(51)64(60)86-6/h17-28,31-34,37-40H,9-16,29-30,35-36H2,1-8H3,(H2,77,78,79,80,81,82,83,84). The lowest BCUT2D eigenvalue weighted by atomic mass is 9.94. The summed E-state index contributed by atoms with van der Waals surface area (Å²) < 4.78 is 40.9. The molecule has 2 aliphatic heterocycles. The first-order valence-corrected chi connectivity index (χ1v) is 31.8. The van der Waals surface area contributed by atoms with Crippen molar-refractivity contribution in [2.24, 2.45) is 0 Å². The van der Waals surface area contributed by atoms with Crippen LogP contribution in [0.25, 0.3) is 154 Å². The number of hydrogen-bond donors (Lipinski definition) is 2. The zero-order chi connectivity index (χ0) is 61.3. The Morgan fingerprint density at radius 1 is 0.311 bits per heavy atom. The third-order valence-electron chi connectivity index (χ3n) is 18.2. The van der Waals surface area contributed by atoms with Gasteiger partial charge < -0.3 is 38.4 Å². The average Bonchev–Trinajstić information content (AvgIpc) is 1.53. The average molecular weight is 1190 g/mol. The molecule has 14 nitrogen and oxygen atoms in total. The molecule has 0 radical (unpaired) electrons. The van der Waals surface area contributed by atoms with E-state index in [0.29, 0.717) is 116 Å². The molecule has 450 valence electrons. The molecule has 13 aromatic rings. The van der Waals surface area contributed by atoms with E-state index in [2.05, 4.69) is 159 Å². The molecule has 0 spiro atoms. The Bertz CT molecular complexity index is 4960. The largest absolute Gasteiger partial charge is 0.495 e.